The van der Waals surface area contributed by atoms with Crippen LogP contribution in [-0.4, -0.2) is 54.1 Å². The maximum atomic E-state index is 12.2. The standard InChI is InChI=1S/C14H20N2O3/c1-15-9-14(19-13(15)18)6-7-16(10-14)12(17)8-11-4-2-3-5-11/h4H,2-3,5-10H2,1H3. The zero-order valence-corrected chi connectivity index (χ0v) is 11.4. The van der Waals surface area contributed by atoms with Gasteiger partial charge < -0.3 is 14.5 Å². The van der Waals surface area contributed by atoms with E-state index in [1.807, 2.05) is 4.90 Å². The number of hydrogen-bond acceptors (Lipinski definition) is 3. The molecule has 1 aliphatic carbocycles. The molecule has 0 aromatic heterocycles. The van der Waals surface area contributed by atoms with E-state index in [-0.39, 0.29) is 12.0 Å². The van der Waals surface area contributed by atoms with Gasteiger partial charge in [0.25, 0.3) is 0 Å². The molecule has 1 unspecified atom stereocenters. The van der Waals surface area contributed by atoms with Crippen LogP contribution in [0.5, 0.6) is 0 Å². The van der Waals surface area contributed by atoms with E-state index < -0.39 is 5.60 Å². The first-order valence-corrected chi connectivity index (χ1v) is 6.98. The fourth-order valence-electron chi connectivity index (χ4n) is 3.27. The Labute approximate surface area is 113 Å². The summed E-state index contributed by atoms with van der Waals surface area (Å²) in [5.74, 6) is 0.177. The van der Waals surface area contributed by atoms with Crippen molar-refractivity contribution in [3.8, 4) is 0 Å². The van der Waals surface area contributed by atoms with Crippen molar-refractivity contribution >= 4 is 12.0 Å². The molecule has 3 aliphatic rings. The van der Waals surface area contributed by atoms with Crippen molar-refractivity contribution in [3.63, 3.8) is 0 Å². The second-order valence-electron chi connectivity index (χ2n) is 5.90. The van der Waals surface area contributed by atoms with E-state index >= 15 is 0 Å². The first-order chi connectivity index (χ1) is 9.08. The lowest BCUT2D eigenvalue weighted by Gasteiger charge is -2.22. The molecule has 104 valence electrons. The topological polar surface area (TPSA) is 49.9 Å². The molecule has 2 aliphatic heterocycles. The highest BCUT2D eigenvalue weighted by molar-refractivity contribution is 5.79. The van der Waals surface area contributed by atoms with Gasteiger partial charge in [-0.2, -0.15) is 0 Å². The molecule has 2 fully saturated rings. The third-order valence-corrected chi connectivity index (χ3v) is 4.32. The van der Waals surface area contributed by atoms with Gasteiger partial charge in [-0.25, -0.2) is 4.79 Å². The monoisotopic (exact) mass is 264 g/mol. The number of rotatable bonds is 2. The highest BCUT2D eigenvalue weighted by Gasteiger charge is 2.49. The van der Waals surface area contributed by atoms with Crippen molar-refractivity contribution < 1.29 is 14.3 Å². The minimum Gasteiger partial charge on any atom is -0.439 e. The van der Waals surface area contributed by atoms with Crippen molar-refractivity contribution in [2.24, 2.45) is 0 Å². The highest BCUT2D eigenvalue weighted by Crippen LogP contribution is 2.32. The van der Waals surface area contributed by atoms with Crippen LogP contribution in [-0.2, 0) is 9.53 Å². The largest absolute Gasteiger partial charge is 0.439 e. The fourth-order valence-corrected chi connectivity index (χ4v) is 3.27. The summed E-state index contributed by atoms with van der Waals surface area (Å²) in [6.45, 7) is 1.85. The Morgan fingerprint density at radius 1 is 1.47 bits per heavy atom. The minimum absolute atomic E-state index is 0.177. The van der Waals surface area contributed by atoms with Gasteiger partial charge >= 0.3 is 6.09 Å². The molecule has 5 nitrogen and oxygen atoms in total. The molecule has 2 amide bonds. The lowest BCUT2D eigenvalue weighted by Crippen LogP contribution is -2.39. The maximum absolute atomic E-state index is 12.2. The van der Waals surface area contributed by atoms with E-state index in [1.165, 1.54) is 12.0 Å². The molecule has 1 atom stereocenters. The van der Waals surface area contributed by atoms with Gasteiger partial charge in [0.1, 0.15) is 0 Å². The van der Waals surface area contributed by atoms with Crippen LogP contribution in [0.15, 0.2) is 11.6 Å². The average molecular weight is 264 g/mol. The van der Waals surface area contributed by atoms with Crippen molar-refractivity contribution in [3.05, 3.63) is 11.6 Å². The number of nitrogens with zero attached hydrogens (tertiary/aromatic N) is 2. The summed E-state index contributed by atoms with van der Waals surface area (Å²) >= 11 is 0. The predicted molar refractivity (Wildman–Crippen MR) is 69.6 cm³/mol. The number of ether oxygens (including phenoxy) is 1. The van der Waals surface area contributed by atoms with E-state index in [4.69, 9.17) is 4.74 Å². The maximum Gasteiger partial charge on any atom is 0.410 e. The summed E-state index contributed by atoms with van der Waals surface area (Å²) < 4.78 is 5.45. The molecule has 0 aromatic carbocycles. The van der Waals surface area contributed by atoms with Gasteiger partial charge in [0.2, 0.25) is 5.91 Å². The normalized spacial score (nSPS) is 30.2. The van der Waals surface area contributed by atoms with Crippen molar-refractivity contribution in [2.75, 3.05) is 26.7 Å². The molecule has 1 spiro atoms. The average Bonchev–Trinajstić information content (AvgIpc) is 3.04. The minimum atomic E-state index is -0.453. The summed E-state index contributed by atoms with van der Waals surface area (Å²) in [5, 5.41) is 0. The molecule has 3 rings (SSSR count). The van der Waals surface area contributed by atoms with Gasteiger partial charge in [0.05, 0.1) is 13.1 Å². The number of likely N-dealkylation sites (N-methyl/N-ethyl adjacent to an activating group) is 1. The van der Waals surface area contributed by atoms with Crippen LogP contribution >= 0.6 is 0 Å². The smallest absolute Gasteiger partial charge is 0.410 e. The second-order valence-corrected chi connectivity index (χ2v) is 5.90. The third-order valence-electron chi connectivity index (χ3n) is 4.32. The lowest BCUT2D eigenvalue weighted by molar-refractivity contribution is -0.130. The summed E-state index contributed by atoms with van der Waals surface area (Å²) in [7, 11) is 1.74. The predicted octanol–water partition coefficient (Wildman–Crippen LogP) is 1.54. The molecule has 19 heavy (non-hydrogen) atoms. The number of likely N-dealkylation sites (tertiary alicyclic amines) is 1. The van der Waals surface area contributed by atoms with E-state index in [0.717, 1.165) is 19.3 Å². The van der Waals surface area contributed by atoms with Gasteiger partial charge in [0.15, 0.2) is 5.60 Å². The molecule has 0 aromatic rings. The second kappa shape index (κ2) is 4.54. The summed E-state index contributed by atoms with van der Waals surface area (Å²) in [4.78, 5) is 27.2. The molecule has 0 radical (unpaired) electrons. The molecule has 0 N–H and O–H groups in total. The summed E-state index contributed by atoms with van der Waals surface area (Å²) in [5.41, 5.74) is 0.817. The Morgan fingerprint density at radius 3 is 2.95 bits per heavy atom. The van der Waals surface area contributed by atoms with E-state index in [9.17, 15) is 9.59 Å². The van der Waals surface area contributed by atoms with Crippen LogP contribution in [0.25, 0.3) is 0 Å². The van der Waals surface area contributed by atoms with Crippen LogP contribution in [0.3, 0.4) is 0 Å². The van der Waals surface area contributed by atoms with E-state index in [0.29, 0.717) is 26.1 Å². The Kier molecular flexibility index (Phi) is 2.99. The zero-order chi connectivity index (χ0) is 13.5. The van der Waals surface area contributed by atoms with E-state index in [2.05, 4.69) is 6.08 Å². The number of carbonyl (C=O) groups excluding carboxylic acids is 2. The molecular weight excluding hydrogens is 244 g/mol. The van der Waals surface area contributed by atoms with Gasteiger partial charge in [-0.1, -0.05) is 11.6 Å². The molecule has 5 heteroatoms. The van der Waals surface area contributed by atoms with Crippen LogP contribution < -0.4 is 0 Å². The SMILES string of the molecule is CN1CC2(CCN(C(=O)CC3=CCCC3)C2)OC1=O. The number of hydrogen-bond donors (Lipinski definition) is 0. The molecule has 0 saturated carbocycles. The van der Waals surface area contributed by atoms with Crippen molar-refractivity contribution in [2.45, 2.75) is 37.7 Å². The summed E-state index contributed by atoms with van der Waals surface area (Å²) in [6, 6.07) is 0. The third kappa shape index (κ3) is 2.33. The Bertz CT molecular complexity index is 446. The quantitative estimate of drug-likeness (QED) is 0.711. The summed E-state index contributed by atoms with van der Waals surface area (Å²) in [6.07, 6.45) is 6.56. The van der Waals surface area contributed by atoms with Crippen molar-refractivity contribution in [1.82, 2.24) is 9.80 Å². The van der Waals surface area contributed by atoms with Crippen LogP contribution in [0, 0.1) is 0 Å². The van der Waals surface area contributed by atoms with Gasteiger partial charge in [-0.15, -0.1) is 0 Å². The Hall–Kier alpha value is -1.52. The van der Waals surface area contributed by atoms with Crippen LogP contribution in [0.2, 0.25) is 0 Å². The first kappa shape index (κ1) is 12.5. The number of amides is 2. The van der Waals surface area contributed by atoms with Gasteiger partial charge in [0, 0.05) is 26.4 Å². The van der Waals surface area contributed by atoms with Gasteiger partial charge in [-0.05, 0) is 19.3 Å². The Morgan fingerprint density at radius 2 is 2.32 bits per heavy atom. The highest BCUT2D eigenvalue weighted by atomic mass is 16.6. The zero-order valence-electron chi connectivity index (χ0n) is 11.4. The molecule has 0 bridgehead atoms. The molecule has 2 saturated heterocycles. The molecule has 2 heterocycles. The molecular formula is C14H20N2O3. The van der Waals surface area contributed by atoms with Gasteiger partial charge in [-0.3, -0.25) is 4.79 Å². The van der Waals surface area contributed by atoms with Crippen LogP contribution in [0.1, 0.15) is 32.1 Å². The van der Waals surface area contributed by atoms with Crippen molar-refractivity contribution in [1.29, 1.82) is 0 Å². The lowest BCUT2D eigenvalue weighted by atomic mass is 10.0. The first-order valence-electron chi connectivity index (χ1n) is 6.98. The van der Waals surface area contributed by atoms with E-state index in [1.54, 1.807) is 11.9 Å². The van der Waals surface area contributed by atoms with Crippen LogP contribution in [0.4, 0.5) is 4.79 Å². The number of carbonyl (C=O) groups is 2. The fraction of sp³-hybridized carbons (Fsp3) is 0.714. The Balaban J connectivity index is 1.59. The number of allylic oxidation sites excluding steroid dienone is 1.